The molecule has 2 amide bonds. The molecular formula is C17H29N3O3. The molecule has 0 fully saturated rings. The quantitative estimate of drug-likeness (QED) is 0.562. The summed E-state index contributed by atoms with van der Waals surface area (Å²) < 4.78 is 5.64. The Labute approximate surface area is 138 Å². The van der Waals surface area contributed by atoms with Crippen LogP contribution in [-0.4, -0.2) is 43.0 Å². The number of nitrogens with one attached hydrogen (secondary N) is 3. The van der Waals surface area contributed by atoms with Crippen LogP contribution in [0, 0.1) is 6.92 Å². The Morgan fingerprint density at radius 3 is 2.70 bits per heavy atom. The molecule has 1 aromatic rings. The summed E-state index contributed by atoms with van der Waals surface area (Å²) in [6.07, 6.45) is 0.335. The molecule has 1 aromatic carbocycles. The Hall–Kier alpha value is -1.79. The third-order valence-electron chi connectivity index (χ3n) is 3.16. The highest BCUT2D eigenvalue weighted by Gasteiger charge is 2.08. The van der Waals surface area contributed by atoms with Gasteiger partial charge in [-0.1, -0.05) is 20.8 Å². The van der Waals surface area contributed by atoms with E-state index < -0.39 is 6.10 Å². The molecule has 4 N–H and O–H groups in total. The van der Waals surface area contributed by atoms with Gasteiger partial charge in [-0.05, 0) is 37.1 Å². The van der Waals surface area contributed by atoms with Crippen molar-refractivity contribution in [3.8, 4) is 5.75 Å². The fourth-order valence-corrected chi connectivity index (χ4v) is 1.92. The van der Waals surface area contributed by atoms with Gasteiger partial charge in [0.05, 0.1) is 0 Å². The molecule has 6 nitrogen and oxygen atoms in total. The molecule has 0 heterocycles. The summed E-state index contributed by atoms with van der Waals surface area (Å²) in [5.41, 5.74) is 1.62. The van der Waals surface area contributed by atoms with Crippen molar-refractivity contribution in [2.45, 2.75) is 46.3 Å². The molecule has 0 aliphatic rings. The van der Waals surface area contributed by atoms with Gasteiger partial charge in [0.2, 0.25) is 0 Å². The monoisotopic (exact) mass is 323 g/mol. The van der Waals surface area contributed by atoms with E-state index in [1.54, 1.807) is 12.1 Å². The Morgan fingerprint density at radius 2 is 2.09 bits per heavy atom. The summed E-state index contributed by atoms with van der Waals surface area (Å²) in [5, 5.41) is 18.5. The zero-order valence-corrected chi connectivity index (χ0v) is 14.5. The largest absolute Gasteiger partial charge is 0.491 e. The Bertz CT molecular complexity index is 492. The van der Waals surface area contributed by atoms with Crippen molar-refractivity contribution in [3.63, 3.8) is 0 Å². The molecule has 0 spiro atoms. The van der Waals surface area contributed by atoms with Crippen molar-refractivity contribution in [1.82, 2.24) is 10.6 Å². The molecule has 1 unspecified atom stereocenters. The van der Waals surface area contributed by atoms with Crippen LogP contribution in [0.1, 0.15) is 32.8 Å². The van der Waals surface area contributed by atoms with Crippen molar-refractivity contribution in [2.24, 2.45) is 0 Å². The topological polar surface area (TPSA) is 82.6 Å². The van der Waals surface area contributed by atoms with Crippen LogP contribution in [-0.2, 0) is 0 Å². The normalized spacial score (nSPS) is 12.1. The maximum absolute atomic E-state index is 11.6. The molecule has 0 saturated heterocycles. The number of amides is 2. The van der Waals surface area contributed by atoms with Gasteiger partial charge < -0.3 is 25.8 Å². The lowest BCUT2D eigenvalue weighted by Crippen LogP contribution is -2.35. The number of urea groups is 1. The van der Waals surface area contributed by atoms with E-state index >= 15 is 0 Å². The van der Waals surface area contributed by atoms with Crippen LogP contribution in [0.2, 0.25) is 0 Å². The lowest BCUT2D eigenvalue weighted by Gasteiger charge is -2.16. The summed E-state index contributed by atoms with van der Waals surface area (Å²) in [5.74, 6) is 0.702. The van der Waals surface area contributed by atoms with E-state index in [-0.39, 0.29) is 12.6 Å². The van der Waals surface area contributed by atoms with Gasteiger partial charge in [0.1, 0.15) is 18.5 Å². The molecule has 1 atom stereocenters. The molecule has 0 radical (unpaired) electrons. The summed E-state index contributed by atoms with van der Waals surface area (Å²) in [7, 11) is 0. The average molecular weight is 323 g/mol. The minimum Gasteiger partial charge on any atom is -0.491 e. The van der Waals surface area contributed by atoms with Gasteiger partial charge >= 0.3 is 6.03 Å². The summed E-state index contributed by atoms with van der Waals surface area (Å²) in [4.78, 5) is 11.6. The number of hydrogen-bond acceptors (Lipinski definition) is 4. The lowest BCUT2D eigenvalue weighted by atomic mass is 10.2. The van der Waals surface area contributed by atoms with Crippen LogP contribution in [0.3, 0.4) is 0 Å². The Kier molecular flexibility index (Phi) is 8.43. The maximum atomic E-state index is 11.6. The fourth-order valence-electron chi connectivity index (χ4n) is 1.92. The van der Waals surface area contributed by atoms with Crippen LogP contribution >= 0.6 is 0 Å². The van der Waals surface area contributed by atoms with E-state index in [0.717, 1.165) is 12.0 Å². The number of rotatable bonds is 9. The molecule has 1 rings (SSSR count). The molecule has 6 heteroatoms. The molecular weight excluding hydrogens is 294 g/mol. The summed E-state index contributed by atoms with van der Waals surface area (Å²) in [6.45, 7) is 9.33. The molecule has 23 heavy (non-hydrogen) atoms. The molecule has 0 aromatic heterocycles. The van der Waals surface area contributed by atoms with E-state index in [1.807, 2.05) is 33.8 Å². The van der Waals surface area contributed by atoms with Crippen molar-refractivity contribution in [1.29, 1.82) is 0 Å². The third-order valence-corrected chi connectivity index (χ3v) is 3.16. The number of hydrogen-bond donors (Lipinski definition) is 4. The zero-order valence-electron chi connectivity index (χ0n) is 14.5. The van der Waals surface area contributed by atoms with Gasteiger partial charge in [-0.2, -0.15) is 0 Å². The summed E-state index contributed by atoms with van der Waals surface area (Å²) >= 11 is 0. The van der Waals surface area contributed by atoms with Crippen LogP contribution in [0.5, 0.6) is 5.75 Å². The zero-order chi connectivity index (χ0) is 17.2. The number of aliphatic hydroxyl groups is 1. The Balaban J connectivity index is 2.48. The fraction of sp³-hybridized carbons (Fsp3) is 0.588. The number of ether oxygens (including phenoxy) is 1. The highest BCUT2D eigenvalue weighted by Crippen LogP contribution is 2.22. The number of aryl methyl sites for hydroxylation is 1. The van der Waals surface area contributed by atoms with E-state index in [1.165, 1.54) is 0 Å². The number of anilines is 1. The first-order valence-corrected chi connectivity index (χ1v) is 8.12. The smallest absolute Gasteiger partial charge is 0.319 e. The predicted molar refractivity (Wildman–Crippen MR) is 93.1 cm³/mol. The standard InChI is InChI=1S/C17H29N3O3/c1-5-8-18-17(22)20-14-6-7-16(13(4)9-14)23-11-15(21)10-19-12(2)3/h6-7,9,12,15,19,21H,5,8,10-11H2,1-4H3,(H2,18,20,22). The van der Waals surface area contributed by atoms with Gasteiger partial charge in [0, 0.05) is 24.8 Å². The van der Waals surface area contributed by atoms with Crippen molar-refractivity contribution < 1.29 is 14.6 Å². The molecule has 130 valence electrons. The molecule has 0 aliphatic heterocycles. The van der Waals surface area contributed by atoms with Crippen molar-refractivity contribution >= 4 is 11.7 Å². The van der Waals surface area contributed by atoms with E-state index in [0.29, 0.717) is 30.6 Å². The second kappa shape index (κ2) is 10.1. The minimum atomic E-state index is -0.561. The molecule has 0 aliphatic carbocycles. The van der Waals surface area contributed by atoms with Gasteiger partial charge in [-0.15, -0.1) is 0 Å². The second-order valence-corrected chi connectivity index (χ2v) is 5.89. The molecule has 0 bridgehead atoms. The van der Waals surface area contributed by atoms with E-state index in [4.69, 9.17) is 4.74 Å². The predicted octanol–water partition coefficient (Wildman–Crippen LogP) is 2.26. The lowest BCUT2D eigenvalue weighted by molar-refractivity contribution is 0.104. The SMILES string of the molecule is CCCNC(=O)Nc1ccc(OCC(O)CNC(C)C)c(C)c1. The van der Waals surface area contributed by atoms with Crippen molar-refractivity contribution in [3.05, 3.63) is 23.8 Å². The highest BCUT2D eigenvalue weighted by molar-refractivity contribution is 5.89. The number of benzene rings is 1. The first kappa shape index (κ1) is 19.3. The van der Waals surface area contributed by atoms with Gasteiger partial charge in [-0.25, -0.2) is 4.79 Å². The van der Waals surface area contributed by atoms with Gasteiger partial charge in [0.15, 0.2) is 0 Å². The third kappa shape index (κ3) is 7.85. The first-order valence-electron chi connectivity index (χ1n) is 8.12. The average Bonchev–Trinajstić information content (AvgIpc) is 2.50. The van der Waals surface area contributed by atoms with Crippen LogP contribution in [0.4, 0.5) is 10.5 Å². The summed E-state index contributed by atoms with van der Waals surface area (Å²) in [6, 6.07) is 5.55. The van der Waals surface area contributed by atoms with Gasteiger partial charge in [0.25, 0.3) is 0 Å². The minimum absolute atomic E-state index is 0.213. The number of carbonyl (C=O) groups excluding carboxylic acids is 1. The van der Waals surface area contributed by atoms with E-state index in [2.05, 4.69) is 16.0 Å². The highest BCUT2D eigenvalue weighted by atomic mass is 16.5. The first-order chi connectivity index (χ1) is 10.9. The second-order valence-electron chi connectivity index (χ2n) is 5.89. The van der Waals surface area contributed by atoms with Crippen LogP contribution < -0.4 is 20.7 Å². The Morgan fingerprint density at radius 1 is 1.35 bits per heavy atom. The van der Waals surface area contributed by atoms with Crippen molar-refractivity contribution in [2.75, 3.05) is 25.0 Å². The molecule has 0 saturated carbocycles. The van der Waals surface area contributed by atoms with Crippen LogP contribution in [0.25, 0.3) is 0 Å². The maximum Gasteiger partial charge on any atom is 0.319 e. The number of aliphatic hydroxyl groups excluding tert-OH is 1. The van der Waals surface area contributed by atoms with Crippen LogP contribution in [0.15, 0.2) is 18.2 Å². The number of carbonyl (C=O) groups is 1. The van der Waals surface area contributed by atoms with Gasteiger partial charge in [-0.3, -0.25) is 0 Å². The van der Waals surface area contributed by atoms with E-state index in [9.17, 15) is 9.90 Å².